The van der Waals surface area contributed by atoms with Gasteiger partial charge in [-0.25, -0.2) is 0 Å². The molecule has 2 aromatic rings. The lowest BCUT2D eigenvalue weighted by Crippen LogP contribution is -2.28. The molecule has 2 rings (SSSR count). The Kier molecular flexibility index (Phi) is 2.16. The summed E-state index contributed by atoms with van der Waals surface area (Å²) in [5.41, 5.74) is 7.88. The summed E-state index contributed by atoms with van der Waals surface area (Å²) >= 11 is 3.44. The number of aromatic nitrogens is 1. The molecule has 1 aromatic carbocycles. The Labute approximate surface area is 91.6 Å². The standard InChI is InChI=1S/C11H13BrN2/c1-11(2,13)10-5-7-3-4-8(12)6-9(7)14-10/h3-6,14H,13H2,1-2H3. The Bertz CT molecular complexity index is 466. The van der Waals surface area contributed by atoms with Crippen molar-refractivity contribution in [2.75, 3.05) is 0 Å². The third-order valence-corrected chi connectivity index (χ3v) is 2.77. The number of nitrogens with two attached hydrogens (primary N) is 1. The Hall–Kier alpha value is -0.800. The summed E-state index contributed by atoms with van der Waals surface area (Å²) in [4.78, 5) is 3.32. The molecule has 0 saturated heterocycles. The van der Waals surface area contributed by atoms with Crippen molar-refractivity contribution in [1.82, 2.24) is 4.98 Å². The first-order valence-electron chi connectivity index (χ1n) is 4.54. The summed E-state index contributed by atoms with van der Waals surface area (Å²) in [6.45, 7) is 3.99. The van der Waals surface area contributed by atoms with E-state index in [-0.39, 0.29) is 5.54 Å². The third kappa shape index (κ3) is 1.70. The zero-order valence-electron chi connectivity index (χ0n) is 8.26. The molecule has 1 aromatic heterocycles. The lowest BCUT2D eigenvalue weighted by Gasteiger charge is -2.15. The average Bonchev–Trinajstić information content (AvgIpc) is 2.45. The van der Waals surface area contributed by atoms with Crippen LogP contribution in [0.1, 0.15) is 19.5 Å². The van der Waals surface area contributed by atoms with E-state index in [0.717, 1.165) is 15.7 Å². The predicted octanol–water partition coefficient (Wildman–Crippen LogP) is 3.12. The van der Waals surface area contributed by atoms with E-state index in [1.165, 1.54) is 5.39 Å². The number of nitrogens with one attached hydrogen (secondary N) is 1. The van der Waals surface area contributed by atoms with Crippen LogP contribution >= 0.6 is 15.9 Å². The van der Waals surface area contributed by atoms with Gasteiger partial charge in [0.1, 0.15) is 0 Å². The van der Waals surface area contributed by atoms with Gasteiger partial charge in [0.25, 0.3) is 0 Å². The molecule has 0 bridgehead atoms. The van der Waals surface area contributed by atoms with Gasteiger partial charge < -0.3 is 10.7 Å². The summed E-state index contributed by atoms with van der Waals surface area (Å²) in [6.07, 6.45) is 0. The predicted molar refractivity (Wildman–Crippen MR) is 63.2 cm³/mol. The highest BCUT2D eigenvalue weighted by Crippen LogP contribution is 2.24. The third-order valence-electron chi connectivity index (χ3n) is 2.28. The Morgan fingerprint density at radius 2 is 2.00 bits per heavy atom. The first kappa shape index (κ1) is 9.74. The van der Waals surface area contributed by atoms with Crippen LogP contribution in [-0.4, -0.2) is 4.98 Å². The Morgan fingerprint density at radius 1 is 1.29 bits per heavy atom. The SMILES string of the molecule is CC(C)(N)c1cc2ccc(Br)cc2[nH]1. The molecule has 0 aliphatic heterocycles. The van der Waals surface area contributed by atoms with Gasteiger partial charge in [-0.1, -0.05) is 22.0 Å². The van der Waals surface area contributed by atoms with Gasteiger partial charge in [-0.05, 0) is 37.4 Å². The van der Waals surface area contributed by atoms with Crippen molar-refractivity contribution in [2.45, 2.75) is 19.4 Å². The second-order valence-electron chi connectivity index (χ2n) is 4.14. The van der Waals surface area contributed by atoms with Crippen molar-refractivity contribution in [1.29, 1.82) is 0 Å². The molecule has 14 heavy (non-hydrogen) atoms. The van der Waals surface area contributed by atoms with Crippen LogP contribution in [0, 0.1) is 0 Å². The molecule has 74 valence electrons. The maximum absolute atomic E-state index is 6.02. The summed E-state index contributed by atoms with van der Waals surface area (Å²) < 4.78 is 1.08. The normalized spacial score (nSPS) is 12.3. The van der Waals surface area contributed by atoms with E-state index in [2.05, 4.69) is 39.1 Å². The highest BCUT2D eigenvalue weighted by Gasteiger charge is 2.16. The average molecular weight is 253 g/mol. The van der Waals surface area contributed by atoms with Crippen LogP contribution in [0.5, 0.6) is 0 Å². The molecule has 0 aliphatic carbocycles. The molecule has 0 aliphatic rings. The quantitative estimate of drug-likeness (QED) is 0.805. The summed E-state index contributed by atoms with van der Waals surface area (Å²) in [5, 5.41) is 1.20. The smallest absolute Gasteiger partial charge is 0.0504 e. The van der Waals surface area contributed by atoms with Crippen molar-refractivity contribution >= 4 is 26.8 Å². The number of halogens is 1. The molecule has 0 amide bonds. The van der Waals surface area contributed by atoms with E-state index in [9.17, 15) is 0 Å². The number of fused-ring (bicyclic) bond motifs is 1. The summed E-state index contributed by atoms with van der Waals surface area (Å²) in [7, 11) is 0. The second-order valence-corrected chi connectivity index (χ2v) is 5.05. The van der Waals surface area contributed by atoms with Gasteiger partial charge in [-0.15, -0.1) is 0 Å². The van der Waals surface area contributed by atoms with Crippen LogP contribution in [0.3, 0.4) is 0 Å². The van der Waals surface area contributed by atoms with Crippen molar-refractivity contribution in [3.8, 4) is 0 Å². The Balaban J connectivity index is 2.63. The van der Waals surface area contributed by atoms with Crippen molar-refractivity contribution in [3.63, 3.8) is 0 Å². The van der Waals surface area contributed by atoms with Gasteiger partial charge in [0.05, 0.1) is 5.54 Å². The van der Waals surface area contributed by atoms with Crippen LogP contribution in [-0.2, 0) is 5.54 Å². The van der Waals surface area contributed by atoms with Gasteiger partial charge in [-0.3, -0.25) is 0 Å². The van der Waals surface area contributed by atoms with Crippen LogP contribution < -0.4 is 5.73 Å². The van der Waals surface area contributed by atoms with E-state index >= 15 is 0 Å². The Morgan fingerprint density at radius 3 is 2.64 bits per heavy atom. The van der Waals surface area contributed by atoms with E-state index in [4.69, 9.17) is 5.73 Å². The maximum Gasteiger partial charge on any atom is 0.0504 e. The van der Waals surface area contributed by atoms with E-state index in [0.29, 0.717) is 0 Å². The fourth-order valence-electron chi connectivity index (χ4n) is 1.45. The number of aromatic amines is 1. The molecular weight excluding hydrogens is 240 g/mol. The van der Waals surface area contributed by atoms with E-state index in [1.54, 1.807) is 0 Å². The molecule has 0 unspecified atom stereocenters. The zero-order valence-corrected chi connectivity index (χ0v) is 9.85. The van der Waals surface area contributed by atoms with Crippen LogP contribution in [0.4, 0.5) is 0 Å². The van der Waals surface area contributed by atoms with Gasteiger partial charge in [0.15, 0.2) is 0 Å². The van der Waals surface area contributed by atoms with Crippen LogP contribution in [0.2, 0.25) is 0 Å². The summed E-state index contributed by atoms with van der Waals surface area (Å²) in [6, 6.07) is 8.26. The van der Waals surface area contributed by atoms with Gasteiger partial charge in [-0.2, -0.15) is 0 Å². The molecule has 0 saturated carbocycles. The van der Waals surface area contributed by atoms with Crippen LogP contribution in [0.15, 0.2) is 28.7 Å². The van der Waals surface area contributed by atoms with E-state index in [1.807, 2.05) is 19.9 Å². The fraction of sp³-hybridized carbons (Fsp3) is 0.273. The monoisotopic (exact) mass is 252 g/mol. The van der Waals surface area contributed by atoms with Crippen molar-refractivity contribution in [2.24, 2.45) is 5.73 Å². The topological polar surface area (TPSA) is 41.8 Å². The second kappa shape index (κ2) is 3.11. The lowest BCUT2D eigenvalue weighted by molar-refractivity contribution is 0.540. The fourth-order valence-corrected chi connectivity index (χ4v) is 1.81. The molecule has 0 spiro atoms. The number of hydrogen-bond donors (Lipinski definition) is 2. The molecule has 0 fully saturated rings. The molecular formula is C11H13BrN2. The van der Waals surface area contributed by atoms with Crippen LogP contribution in [0.25, 0.3) is 10.9 Å². The highest BCUT2D eigenvalue weighted by atomic mass is 79.9. The molecule has 2 nitrogen and oxygen atoms in total. The number of benzene rings is 1. The number of H-pyrrole nitrogens is 1. The first-order chi connectivity index (χ1) is 6.47. The lowest BCUT2D eigenvalue weighted by atomic mass is 10.0. The molecule has 0 radical (unpaired) electrons. The minimum absolute atomic E-state index is 0.314. The minimum atomic E-state index is -0.314. The zero-order chi connectivity index (χ0) is 10.3. The molecule has 1 heterocycles. The number of rotatable bonds is 1. The number of hydrogen-bond acceptors (Lipinski definition) is 1. The minimum Gasteiger partial charge on any atom is -0.357 e. The van der Waals surface area contributed by atoms with Crippen molar-refractivity contribution < 1.29 is 0 Å². The molecule has 3 N–H and O–H groups in total. The van der Waals surface area contributed by atoms with Crippen molar-refractivity contribution in [3.05, 3.63) is 34.4 Å². The highest BCUT2D eigenvalue weighted by molar-refractivity contribution is 9.10. The summed E-state index contributed by atoms with van der Waals surface area (Å²) in [5.74, 6) is 0. The van der Waals surface area contributed by atoms with Gasteiger partial charge >= 0.3 is 0 Å². The largest absolute Gasteiger partial charge is 0.357 e. The van der Waals surface area contributed by atoms with E-state index < -0.39 is 0 Å². The first-order valence-corrected chi connectivity index (χ1v) is 5.34. The van der Waals surface area contributed by atoms with Gasteiger partial charge in [0, 0.05) is 15.7 Å². The van der Waals surface area contributed by atoms with Gasteiger partial charge in [0.2, 0.25) is 0 Å². The molecule has 0 atom stereocenters. The molecule has 3 heteroatoms. The maximum atomic E-state index is 6.02.